The molecule has 0 radical (unpaired) electrons. The second-order valence-corrected chi connectivity index (χ2v) is 7.34. The lowest BCUT2D eigenvalue weighted by Crippen LogP contribution is -2.24. The van der Waals surface area contributed by atoms with E-state index in [0.29, 0.717) is 6.04 Å². The summed E-state index contributed by atoms with van der Waals surface area (Å²) in [7, 11) is 4.15. The van der Waals surface area contributed by atoms with Gasteiger partial charge >= 0.3 is 0 Å². The summed E-state index contributed by atoms with van der Waals surface area (Å²) in [5.74, 6) is 0. The molecular weight excluding hydrogens is 344 g/mol. The zero-order chi connectivity index (χ0) is 15.2. The Labute approximate surface area is 140 Å². The van der Waals surface area contributed by atoms with E-state index in [2.05, 4.69) is 82.9 Å². The third-order valence-corrected chi connectivity index (χ3v) is 5.20. The maximum Gasteiger partial charge on any atom is 0.0368 e. The van der Waals surface area contributed by atoms with Crippen LogP contribution in [0.1, 0.15) is 29.8 Å². The third-order valence-electron chi connectivity index (χ3n) is 3.48. The van der Waals surface area contributed by atoms with Gasteiger partial charge in [0.2, 0.25) is 0 Å². The summed E-state index contributed by atoms with van der Waals surface area (Å²) in [6.45, 7) is 3.26. The number of nitrogens with zero attached hydrogens (tertiary/aromatic N) is 1. The van der Waals surface area contributed by atoms with Gasteiger partial charge in [0.25, 0.3) is 0 Å². The summed E-state index contributed by atoms with van der Waals surface area (Å²) in [6, 6.07) is 11.5. The van der Waals surface area contributed by atoms with E-state index < -0.39 is 0 Å². The van der Waals surface area contributed by atoms with Crippen molar-refractivity contribution in [3.8, 4) is 0 Å². The third kappa shape index (κ3) is 4.83. The van der Waals surface area contributed by atoms with Crippen molar-refractivity contribution in [1.29, 1.82) is 0 Å². The normalized spacial score (nSPS) is 12.4. The summed E-state index contributed by atoms with van der Waals surface area (Å²) in [5.41, 5.74) is 2.60. The van der Waals surface area contributed by atoms with Gasteiger partial charge in [-0.25, -0.2) is 0 Å². The van der Waals surface area contributed by atoms with E-state index in [0.717, 1.165) is 19.4 Å². The summed E-state index contributed by atoms with van der Waals surface area (Å²) in [5, 5.41) is 5.82. The van der Waals surface area contributed by atoms with E-state index in [4.69, 9.17) is 0 Å². The Morgan fingerprint density at radius 3 is 2.48 bits per heavy atom. The van der Waals surface area contributed by atoms with Crippen LogP contribution in [0, 0.1) is 0 Å². The highest BCUT2D eigenvalue weighted by molar-refractivity contribution is 9.10. The zero-order valence-electron chi connectivity index (χ0n) is 12.9. The van der Waals surface area contributed by atoms with Gasteiger partial charge in [0.05, 0.1) is 0 Å². The maximum absolute atomic E-state index is 3.67. The number of nitrogens with one attached hydrogen (secondary N) is 1. The van der Waals surface area contributed by atoms with Gasteiger partial charge in [0, 0.05) is 47.0 Å². The molecule has 1 unspecified atom stereocenters. The Morgan fingerprint density at radius 1 is 1.24 bits per heavy atom. The summed E-state index contributed by atoms with van der Waals surface area (Å²) in [4.78, 5) is 3.54. The number of benzene rings is 1. The van der Waals surface area contributed by atoms with Crippen molar-refractivity contribution < 1.29 is 0 Å². The Kier molecular flexibility index (Phi) is 6.27. The standard InChI is InChI=1S/C17H23BrN2S/c1-4-9-19-17(11-16-10-14(18)12-21-16)13-5-7-15(8-6-13)20(2)3/h5-8,10,12,17,19H,4,9,11H2,1-3H3. The van der Waals surface area contributed by atoms with Gasteiger partial charge in [-0.05, 0) is 52.7 Å². The molecule has 1 heterocycles. The molecule has 1 aromatic heterocycles. The highest BCUT2D eigenvalue weighted by Crippen LogP contribution is 2.26. The van der Waals surface area contributed by atoms with Crippen LogP contribution in [0.4, 0.5) is 5.69 Å². The van der Waals surface area contributed by atoms with Crippen LogP contribution >= 0.6 is 27.3 Å². The highest BCUT2D eigenvalue weighted by atomic mass is 79.9. The quantitative estimate of drug-likeness (QED) is 0.752. The van der Waals surface area contributed by atoms with Crippen LogP contribution in [0.3, 0.4) is 0 Å². The molecule has 2 aromatic rings. The minimum absolute atomic E-state index is 0.381. The Bertz CT molecular complexity index is 548. The lowest BCUT2D eigenvalue weighted by molar-refractivity contribution is 0.532. The summed E-state index contributed by atoms with van der Waals surface area (Å²) < 4.78 is 1.18. The van der Waals surface area contributed by atoms with Gasteiger partial charge < -0.3 is 10.2 Å². The fourth-order valence-corrected chi connectivity index (χ4v) is 3.79. The molecule has 21 heavy (non-hydrogen) atoms. The second kappa shape index (κ2) is 7.97. The van der Waals surface area contributed by atoms with Crippen LogP contribution in [0.2, 0.25) is 0 Å². The van der Waals surface area contributed by atoms with Crippen molar-refractivity contribution in [3.63, 3.8) is 0 Å². The Hall–Kier alpha value is -0.840. The summed E-state index contributed by atoms with van der Waals surface area (Å²) in [6.07, 6.45) is 2.19. The molecule has 114 valence electrons. The molecule has 0 spiro atoms. The van der Waals surface area contributed by atoms with Gasteiger partial charge in [-0.15, -0.1) is 11.3 Å². The first-order valence-corrected chi connectivity index (χ1v) is 9.01. The lowest BCUT2D eigenvalue weighted by atomic mass is 10.0. The SMILES string of the molecule is CCCNC(Cc1cc(Br)cs1)c1ccc(N(C)C)cc1. The molecule has 0 fully saturated rings. The van der Waals surface area contributed by atoms with Crippen LogP contribution in [0.15, 0.2) is 40.2 Å². The molecule has 0 aliphatic carbocycles. The number of thiophene rings is 1. The smallest absolute Gasteiger partial charge is 0.0368 e. The Balaban J connectivity index is 2.14. The minimum Gasteiger partial charge on any atom is -0.378 e. The molecule has 1 atom stereocenters. The van der Waals surface area contributed by atoms with Crippen molar-refractivity contribution in [2.24, 2.45) is 0 Å². The van der Waals surface area contributed by atoms with Crippen molar-refractivity contribution >= 4 is 33.0 Å². The molecule has 0 aliphatic rings. The predicted octanol–water partition coefficient (Wildman–Crippen LogP) is 4.86. The second-order valence-electron chi connectivity index (χ2n) is 5.43. The lowest BCUT2D eigenvalue weighted by Gasteiger charge is -2.20. The fraction of sp³-hybridized carbons (Fsp3) is 0.412. The van der Waals surface area contributed by atoms with Crippen LogP contribution in [-0.4, -0.2) is 20.6 Å². The van der Waals surface area contributed by atoms with Crippen molar-refractivity contribution in [2.75, 3.05) is 25.5 Å². The van der Waals surface area contributed by atoms with E-state index in [9.17, 15) is 0 Å². The number of hydrogen-bond donors (Lipinski definition) is 1. The molecule has 0 aliphatic heterocycles. The predicted molar refractivity (Wildman–Crippen MR) is 97.5 cm³/mol. The van der Waals surface area contributed by atoms with Crippen LogP contribution < -0.4 is 10.2 Å². The van der Waals surface area contributed by atoms with Gasteiger partial charge in [-0.1, -0.05) is 19.1 Å². The average Bonchev–Trinajstić information content (AvgIpc) is 2.89. The number of rotatable bonds is 7. The van der Waals surface area contributed by atoms with Crippen LogP contribution in [0.5, 0.6) is 0 Å². The van der Waals surface area contributed by atoms with Crippen LogP contribution in [0.25, 0.3) is 0 Å². The molecule has 2 rings (SSSR count). The topological polar surface area (TPSA) is 15.3 Å². The zero-order valence-corrected chi connectivity index (χ0v) is 15.3. The monoisotopic (exact) mass is 366 g/mol. The van der Waals surface area contributed by atoms with Gasteiger partial charge in [-0.2, -0.15) is 0 Å². The fourth-order valence-electron chi connectivity index (χ4n) is 2.29. The van der Waals surface area contributed by atoms with Gasteiger partial charge in [-0.3, -0.25) is 0 Å². The first kappa shape index (κ1) is 16.5. The van der Waals surface area contributed by atoms with E-state index in [1.165, 1.54) is 20.6 Å². The largest absolute Gasteiger partial charge is 0.378 e. The molecule has 0 amide bonds. The maximum atomic E-state index is 3.67. The van der Waals surface area contributed by atoms with Gasteiger partial charge in [0.15, 0.2) is 0 Å². The first-order valence-electron chi connectivity index (χ1n) is 7.33. The van der Waals surface area contributed by atoms with Crippen molar-refractivity contribution in [3.05, 3.63) is 50.6 Å². The van der Waals surface area contributed by atoms with E-state index >= 15 is 0 Å². The van der Waals surface area contributed by atoms with E-state index in [1.54, 1.807) is 0 Å². The molecule has 1 N–H and O–H groups in total. The number of hydrogen-bond acceptors (Lipinski definition) is 3. The first-order chi connectivity index (χ1) is 10.1. The highest BCUT2D eigenvalue weighted by Gasteiger charge is 2.13. The van der Waals surface area contributed by atoms with Crippen molar-refractivity contribution in [1.82, 2.24) is 5.32 Å². The van der Waals surface area contributed by atoms with Crippen LogP contribution in [-0.2, 0) is 6.42 Å². The minimum atomic E-state index is 0.381. The molecular formula is C17H23BrN2S. The molecule has 0 bridgehead atoms. The molecule has 2 nitrogen and oxygen atoms in total. The molecule has 4 heteroatoms. The summed E-state index contributed by atoms with van der Waals surface area (Å²) >= 11 is 5.36. The number of halogens is 1. The Morgan fingerprint density at radius 2 is 1.95 bits per heavy atom. The molecule has 0 saturated carbocycles. The van der Waals surface area contributed by atoms with Gasteiger partial charge in [0.1, 0.15) is 0 Å². The van der Waals surface area contributed by atoms with E-state index in [1.807, 2.05) is 11.3 Å². The number of anilines is 1. The van der Waals surface area contributed by atoms with E-state index in [-0.39, 0.29) is 0 Å². The molecule has 0 saturated heterocycles. The van der Waals surface area contributed by atoms with Crippen molar-refractivity contribution in [2.45, 2.75) is 25.8 Å². The molecule has 1 aromatic carbocycles. The average molecular weight is 367 g/mol.